The van der Waals surface area contributed by atoms with Gasteiger partial charge in [0.05, 0.1) is 0 Å². The van der Waals surface area contributed by atoms with E-state index in [1.165, 1.54) is 30.4 Å². The van der Waals surface area contributed by atoms with Crippen molar-refractivity contribution in [1.29, 1.82) is 0 Å². The number of aryl methyl sites for hydroxylation is 2. The first kappa shape index (κ1) is 14.7. The van der Waals surface area contributed by atoms with E-state index in [9.17, 15) is 4.79 Å². The lowest BCUT2D eigenvalue weighted by atomic mass is 10.1. The molecule has 4 heteroatoms. The van der Waals surface area contributed by atoms with E-state index >= 15 is 0 Å². The van der Waals surface area contributed by atoms with E-state index in [-0.39, 0.29) is 6.09 Å². The Kier molecular flexibility index (Phi) is 4.53. The van der Waals surface area contributed by atoms with Crippen molar-refractivity contribution in [1.82, 2.24) is 5.32 Å². The molecule has 0 radical (unpaired) electrons. The third kappa shape index (κ3) is 4.44. The van der Waals surface area contributed by atoms with Gasteiger partial charge in [-0.3, -0.25) is 0 Å². The van der Waals surface area contributed by atoms with Gasteiger partial charge < -0.3 is 15.4 Å². The second-order valence-corrected chi connectivity index (χ2v) is 6.19. The van der Waals surface area contributed by atoms with Crippen LogP contribution in [0.3, 0.4) is 0 Å². The maximum Gasteiger partial charge on any atom is 0.407 e. The zero-order valence-electron chi connectivity index (χ0n) is 12.6. The minimum absolute atomic E-state index is 0.367. The summed E-state index contributed by atoms with van der Waals surface area (Å²) < 4.78 is 5.17. The Morgan fingerprint density at radius 2 is 1.95 bits per heavy atom. The average molecular weight is 276 g/mol. The van der Waals surface area contributed by atoms with Gasteiger partial charge in [0.15, 0.2) is 0 Å². The molecule has 1 aliphatic carbocycles. The normalized spacial score (nSPS) is 13.8. The lowest BCUT2D eigenvalue weighted by molar-refractivity contribution is 0.0530. The Morgan fingerprint density at radius 3 is 2.70 bits per heavy atom. The molecule has 1 amide bonds. The fourth-order valence-electron chi connectivity index (χ4n) is 2.37. The average Bonchev–Trinajstić information content (AvgIpc) is 2.79. The molecule has 4 nitrogen and oxygen atoms in total. The van der Waals surface area contributed by atoms with E-state index in [0.717, 1.165) is 5.69 Å². The summed E-state index contributed by atoms with van der Waals surface area (Å²) in [5, 5.41) is 6.06. The number of nitrogens with one attached hydrogen (secondary N) is 2. The van der Waals surface area contributed by atoms with E-state index < -0.39 is 5.60 Å². The summed E-state index contributed by atoms with van der Waals surface area (Å²) in [7, 11) is 0. The molecule has 2 rings (SSSR count). The fourth-order valence-corrected chi connectivity index (χ4v) is 2.37. The quantitative estimate of drug-likeness (QED) is 0.831. The Hall–Kier alpha value is -1.71. The topological polar surface area (TPSA) is 50.4 Å². The Balaban J connectivity index is 1.70. The molecule has 0 heterocycles. The van der Waals surface area contributed by atoms with Crippen molar-refractivity contribution in [3.8, 4) is 0 Å². The number of hydrogen-bond donors (Lipinski definition) is 2. The van der Waals surface area contributed by atoms with Crippen LogP contribution in [-0.4, -0.2) is 24.8 Å². The molecule has 2 N–H and O–H groups in total. The van der Waals surface area contributed by atoms with Gasteiger partial charge in [-0.05, 0) is 63.3 Å². The molecule has 0 aliphatic heterocycles. The van der Waals surface area contributed by atoms with Crippen LogP contribution in [0.5, 0.6) is 0 Å². The van der Waals surface area contributed by atoms with Crippen LogP contribution in [0.1, 0.15) is 38.3 Å². The van der Waals surface area contributed by atoms with Gasteiger partial charge in [-0.1, -0.05) is 6.07 Å². The third-order valence-corrected chi connectivity index (χ3v) is 3.22. The molecule has 0 unspecified atom stereocenters. The maximum absolute atomic E-state index is 11.5. The molecular weight excluding hydrogens is 252 g/mol. The van der Waals surface area contributed by atoms with E-state index in [0.29, 0.717) is 13.1 Å². The minimum atomic E-state index is -0.447. The number of hydrogen-bond acceptors (Lipinski definition) is 3. The Morgan fingerprint density at radius 1 is 1.20 bits per heavy atom. The van der Waals surface area contributed by atoms with Gasteiger partial charge in [-0.15, -0.1) is 0 Å². The van der Waals surface area contributed by atoms with Gasteiger partial charge in [-0.2, -0.15) is 0 Å². The molecule has 0 saturated carbocycles. The first-order valence-corrected chi connectivity index (χ1v) is 7.26. The van der Waals surface area contributed by atoms with Gasteiger partial charge in [0, 0.05) is 18.8 Å². The molecule has 1 aromatic carbocycles. The fraction of sp³-hybridized carbons (Fsp3) is 0.562. The van der Waals surface area contributed by atoms with Gasteiger partial charge >= 0.3 is 6.09 Å². The summed E-state index contributed by atoms with van der Waals surface area (Å²) in [5.41, 5.74) is 3.60. The summed E-state index contributed by atoms with van der Waals surface area (Å²) in [6.45, 7) is 6.81. The van der Waals surface area contributed by atoms with Crippen LogP contribution in [-0.2, 0) is 17.6 Å². The predicted molar refractivity (Wildman–Crippen MR) is 81.2 cm³/mol. The summed E-state index contributed by atoms with van der Waals surface area (Å²) in [6.07, 6.45) is 3.28. The second kappa shape index (κ2) is 6.16. The highest BCUT2D eigenvalue weighted by atomic mass is 16.6. The van der Waals surface area contributed by atoms with Crippen LogP contribution in [0, 0.1) is 0 Å². The number of anilines is 1. The smallest absolute Gasteiger partial charge is 0.407 e. The molecule has 0 spiro atoms. The van der Waals surface area contributed by atoms with Crippen molar-refractivity contribution in [3.05, 3.63) is 29.3 Å². The molecule has 0 bridgehead atoms. The Bertz CT molecular complexity index is 478. The SMILES string of the molecule is CC(C)(C)OC(=O)NCCNc1ccc2c(c1)CCC2. The molecule has 0 aromatic heterocycles. The molecule has 0 fully saturated rings. The number of benzene rings is 1. The number of ether oxygens (including phenoxy) is 1. The highest BCUT2D eigenvalue weighted by Crippen LogP contribution is 2.24. The van der Waals surface area contributed by atoms with E-state index in [2.05, 4.69) is 28.8 Å². The van der Waals surface area contributed by atoms with Crippen LogP contribution >= 0.6 is 0 Å². The molecular formula is C16H24N2O2. The maximum atomic E-state index is 11.5. The zero-order valence-corrected chi connectivity index (χ0v) is 12.6. The first-order chi connectivity index (χ1) is 9.44. The molecule has 1 aliphatic rings. The molecule has 20 heavy (non-hydrogen) atoms. The van der Waals surface area contributed by atoms with Crippen molar-refractivity contribution >= 4 is 11.8 Å². The van der Waals surface area contributed by atoms with Gasteiger partial charge in [0.25, 0.3) is 0 Å². The van der Waals surface area contributed by atoms with Crippen molar-refractivity contribution < 1.29 is 9.53 Å². The summed E-state index contributed by atoms with van der Waals surface area (Å²) >= 11 is 0. The first-order valence-electron chi connectivity index (χ1n) is 7.26. The number of amides is 1. The monoisotopic (exact) mass is 276 g/mol. The summed E-state index contributed by atoms with van der Waals surface area (Å²) in [4.78, 5) is 11.5. The van der Waals surface area contributed by atoms with E-state index in [1.807, 2.05) is 20.8 Å². The standard InChI is InChI=1S/C16H24N2O2/c1-16(2,3)20-15(19)18-10-9-17-14-8-7-12-5-4-6-13(12)11-14/h7-8,11,17H,4-6,9-10H2,1-3H3,(H,18,19). The number of alkyl carbamates (subject to hydrolysis) is 1. The van der Waals surface area contributed by atoms with Gasteiger partial charge in [0.1, 0.15) is 5.60 Å². The van der Waals surface area contributed by atoms with Gasteiger partial charge in [0.2, 0.25) is 0 Å². The number of rotatable bonds is 4. The number of carbonyl (C=O) groups excluding carboxylic acids is 1. The highest BCUT2D eigenvalue weighted by Gasteiger charge is 2.15. The lowest BCUT2D eigenvalue weighted by Crippen LogP contribution is -2.34. The van der Waals surface area contributed by atoms with Crippen molar-refractivity contribution in [2.75, 3.05) is 18.4 Å². The van der Waals surface area contributed by atoms with Crippen molar-refractivity contribution in [2.24, 2.45) is 0 Å². The second-order valence-electron chi connectivity index (χ2n) is 6.19. The number of fused-ring (bicyclic) bond motifs is 1. The summed E-state index contributed by atoms with van der Waals surface area (Å²) in [5.74, 6) is 0. The van der Waals surface area contributed by atoms with E-state index in [1.54, 1.807) is 0 Å². The van der Waals surface area contributed by atoms with Crippen LogP contribution in [0.15, 0.2) is 18.2 Å². The predicted octanol–water partition coefficient (Wildman–Crippen LogP) is 3.11. The van der Waals surface area contributed by atoms with E-state index in [4.69, 9.17) is 4.74 Å². The number of carbonyl (C=O) groups is 1. The molecule has 1 aromatic rings. The van der Waals surface area contributed by atoms with Crippen molar-refractivity contribution in [2.45, 2.75) is 45.6 Å². The minimum Gasteiger partial charge on any atom is -0.444 e. The third-order valence-electron chi connectivity index (χ3n) is 3.22. The van der Waals surface area contributed by atoms with Crippen molar-refractivity contribution in [3.63, 3.8) is 0 Å². The van der Waals surface area contributed by atoms with Gasteiger partial charge in [-0.25, -0.2) is 4.79 Å². The van der Waals surface area contributed by atoms with Crippen LogP contribution < -0.4 is 10.6 Å². The van der Waals surface area contributed by atoms with Crippen LogP contribution in [0.2, 0.25) is 0 Å². The van der Waals surface area contributed by atoms with Crippen LogP contribution in [0.4, 0.5) is 10.5 Å². The molecule has 0 saturated heterocycles. The Labute approximate surface area is 120 Å². The lowest BCUT2D eigenvalue weighted by Gasteiger charge is -2.19. The van der Waals surface area contributed by atoms with Crippen LogP contribution in [0.25, 0.3) is 0 Å². The molecule has 0 atom stereocenters. The largest absolute Gasteiger partial charge is 0.444 e. The highest BCUT2D eigenvalue weighted by molar-refractivity contribution is 5.67. The molecule has 110 valence electrons. The zero-order chi connectivity index (χ0) is 14.6. The summed E-state index contributed by atoms with van der Waals surface area (Å²) in [6, 6.07) is 6.53.